The first-order chi connectivity index (χ1) is 15.9. The number of aromatic nitrogens is 4. The fourth-order valence-electron chi connectivity index (χ4n) is 3.52. The van der Waals surface area contributed by atoms with Crippen LogP contribution in [0.4, 0.5) is 0 Å². The minimum atomic E-state index is -0.219. The van der Waals surface area contributed by atoms with Crippen molar-refractivity contribution < 1.29 is 0 Å². The van der Waals surface area contributed by atoms with Crippen LogP contribution < -0.4 is 11.1 Å². The minimum absolute atomic E-state index is 0.160. The molecule has 0 aliphatic rings. The number of halogens is 2. The second-order valence-corrected chi connectivity index (χ2v) is 9.30. The van der Waals surface area contributed by atoms with E-state index in [-0.39, 0.29) is 11.1 Å². The summed E-state index contributed by atoms with van der Waals surface area (Å²) in [5, 5.41) is 1.98. The Balaban J connectivity index is 1.61. The average Bonchev–Trinajstić information content (AvgIpc) is 2.79. The molecule has 164 valence electrons. The molecule has 33 heavy (non-hydrogen) atoms. The molecule has 9 heteroatoms. The lowest BCUT2D eigenvalue weighted by molar-refractivity contribution is 0.819. The largest absolute Gasteiger partial charge is 0.269 e. The van der Waals surface area contributed by atoms with Gasteiger partial charge < -0.3 is 0 Å². The Morgan fingerprint density at radius 1 is 0.909 bits per heavy atom. The zero-order chi connectivity index (χ0) is 23.1. The van der Waals surface area contributed by atoms with Crippen molar-refractivity contribution in [2.75, 3.05) is 0 Å². The molecule has 6 nitrogen and oxygen atoms in total. The van der Waals surface area contributed by atoms with Crippen LogP contribution in [0, 0.1) is 6.92 Å². The number of fused-ring (bicyclic) bond motifs is 2. The predicted octanol–water partition coefficient (Wildman–Crippen LogP) is 5.30. The van der Waals surface area contributed by atoms with E-state index in [1.807, 2.05) is 19.1 Å². The summed E-state index contributed by atoms with van der Waals surface area (Å²) in [6, 6.07) is 17.2. The number of hydrogen-bond acceptors (Lipinski definition) is 5. The van der Waals surface area contributed by atoms with Gasteiger partial charge in [-0.1, -0.05) is 41.0 Å². The third-order valence-corrected chi connectivity index (χ3v) is 6.55. The van der Waals surface area contributed by atoms with E-state index in [9.17, 15) is 9.59 Å². The topological polar surface area (TPSA) is 69.3 Å². The van der Waals surface area contributed by atoms with Crippen LogP contribution in [0.5, 0.6) is 0 Å². The first-order valence-electron chi connectivity index (χ1n) is 9.99. The summed E-state index contributed by atoms with van der Waals surface area (Å²) in [6.07, 6.45) is 1.76. The monoisotopic (exact) mass is 494 g/mol. The molecule has 0 aliphatic carbocycles. The number of benzene rings is 2. The number of rotatable bonds is 4. The minimum Gasteiger partial charge on any atom is -0.269 e. The average molecular weight is 495 g/mol. The first-order valence-corrected chi connectivity index (χ1v) is 11.7. The summed E-state index contributed by atoms with van der Waals surface area (Å²) in [7, 11) is 0. The standard InChI is InChI=1S/C24H16Cl2N4O2S/c1-14-2-9-21-27-17(11-22(31)29(21)12-14)13-33-24-28-20-10-16(26)5-8-19(20)23(32)30(24)18-6-3-15(25)4-7-18/h2-12H,13H2,1H3. The van der Waals surface area contributed by atoms with E-state index in [1.54, 1.807) is 48.7 Å². The molecule has 0 radical (unpaired) electrons. The molecule has 2 aromatic carbocycles. The van der Waals surface area contributed by atoms with E-state index >= 15 is 0 Å². The molecule has 0 bridgehead atoms. The van der Waals surface area contributed by atoms with Crippen LogP contribution in [0.25, 0.3) is 22.2 Å². The lowest BCUT2D eigenvalue weighted by Crippen LogP contribution is -2.22. The Labute approximate surface area is 202 Å². The molecule has 3 heterocycles. The van der Waals surface area contributed by atoms with Crippen LogP contribution in [0.2, 0.25) is 10.0 Å². The van der Waals surface area contributed by atoms with Gasteiger partial charge in [-0.25, -0.2) is 9.97 Å². The molecule has 0 saturated heterocycles. The van der Waals surface area contributed by atoms with Gasteiger partial charge in [0.2, 0.25) is 0 Å². The maximum atomic E-state index is 13.4. The Kier molecular flexibility index (Phi) is 5.70. The van der Waals surface area contributed by atoms with Gasteiger partial charge in [-0.3, -0.25) is 18.6 Å². The highest BCUT2D eigenvalue weighted by molar-refractivity contribution is 7.98. The Bertz CT molecular complexity index is 1650. The van der Waals surface area contributed by atoms with E-state index in [4.69, 9.17) is 28.2 Å². The summed E-state index contributed by atoms with van der Waals surface area (Å²) in [5.74, 6) is 0.353. The highest BCUT2D eigenvalue weighted by Crippen LogP contribution is 2.26. The van der Waals surface area contributed by atoms with Gasteiger partial charge in [-0.05, 0) is 61.0 Å². The molecule has 5 rings (SSSR count). The van der Waals surface area contributed by atoms with Crippen molar-refractivity contribution >= 4 is 51.5 Å². The van der Waals surface area contributed by atoms with E-state index < -0.39 is 0 Å². The highest BCUT2D eigenvalue weighted by atomic mass is 35.5. The van der Waals surface area contributed by atoms with Gasteiger partial charge in [0.1, 0.15) is 5.65 Å². The third kappa shape index (κ3) is 4.27. The molecule has 0 saturated carbocycles. The van der Waals surface area contributed by atoms with Crippen molar-refractivity contribution in [3.63, 3.8) is 0 Å². The molecular weight excluding hydrogens is 479 g/mol. The lowest BCUT2D eigenvalue weighted by Gasteiger charge is -2.13. The zero-order valence-corrected chi connectivity index (χ0v) is 19.7. The van der Waals surface area contributed by atoms with E-state index in [1.165, 1.54) is 26.8 Å². The van der Waals surface area contributed by atoms with Gasteiger partial charge in [-0.2, -0.15) is 0 Å². The van der Waals surface area contributed by atoms with Gasteiger partial charge in [0.25, 0.3) is 11.1 Å². The van der Waals surface area contributed by atoms with Crippen LogP contribution in [0.1, 0.15) is 11.3 Å². The number of nitrogens with zero attached hydrogens (tertiary/aromatic N) is 4. The summed E-state index contributed by atoms with van der Waals surface area (Å²) in [4.78, 5) is 35.2. The summed E-state index contributed by atoms with van der Waals surface area (Å²) < 4.78 is 3.05. The van der Waals surface area contributed by atoms with Crippen molar-refractivity contribution in [3.05, 3.63) is 109 Å². The predicted molar refractivity (Wildman–Crippen MR) is 133 cm³/mol. The van der Waals surface area contributed by atoms with Crippen molar-refractivity contribution in [2.45, 2.75) is 17.8 Å². The molecular formula is C24H16Cl2N4O2S. The van der Waals surface area contributed by atoms with Crippen LogP contribution in [-0.2, 0) is 5.75 Å². The maximum absolute atomic E-state index is 13.4. The molecule has 0 atom stereocenters. The maximum Gasteiger partial charge on any atom is 0.266 e. The van der Waals surface area contributed by atoms with Crippen LogP contribution in [0.15, 0.2) is 81.6 Å². The number of thioether (sulfide) groups is 1. The third-order valence-electron chi connectivity index (χ3n) is 5.10. The van der Waals surface area contributed by atoms with Crippen LogP contribution in [0.3, 0.4) is 0 Å². The molecule has 0 spiro atoms. The Morgan fingerprint density at radius 3 is 2.45 bits per heavy atom. The van der Waals surface area contributed by atoms with Gasteiger partial charge >= 0.3 is 0 Å². The first kappa shape index (κ1) is 21.7. The second-order valence-electron chi connectivity index (χ2n) is 7.48. The molecule has 0 aliphatic heterocycles. The van der Waals surface area contributed by atoms with Crippen molar-refractivity contribution in [1.29, 1.82) is 0 Å². The van der Waals surface area contributed by atoms with Crippen LogP contribution in [-0.4, -0.2) is 18.9 Å². The number of aryl methyl sites for hydroxylation is 1. The quantitative estimate of drug-likeness (QED) is 0.250. The van der Waals surface area contributed by atoms with Gasteiger partial charge in [0.05, 0.1) is 22.3 Å². The normalized spacial score (nSPS) is 11.4. The Hall–Kier alpha value is -3.13. The smallest absolute Gasteiger partial charge is 0.266 e. The SMILES string of the molecule is Cc1ccc2nc(CSc3nc4cc(Cl)ccc4c(=O)n3-c3ccc(Cl)cc3)cc(=O)n2c1. The Morgan fingerprint density at radius 2 is 1.67 bits per heavy atom. The fraction of sp³-hybridized carbons (Fsp3) is 0.0833. The lowest BCUT2D eigenvalue weighted by atomic mass is 10.2. The molecule has 5 aromatic rings. The van der Waals surface area contributed by atoms with E-state index in [2.05, 4.69) is 4.98 Å². The summed E-state index contributed by atoms with van der Waals surface area (Å²) >= 11 is 13.5. The molecule has 0 fully saturated rings. The van der Waals surface area contributed by atoms with Crippen LogP contribution >= 0.6 is 35.0 Å². The van der Waals surface area contributed by atoms with Gasteiger partial charge in [0.15, 0.2) is 5.16 Å². The van der Waals surface area contributed by atoms with E-state index in [0.29, 0.717) is 48.9 Å². The summed E-state index contributed by atoms with van der Waals surface area (Å²) in [6.45, 7) is 1.92. The van der Waals surface area contributed by atoms with Crippen molar-refractivity contribution in [2.24, 2.45) is 0 Å². The number of pyridine rings is 1. The fourth-order valence-corrected chi connectivity index (χ4v) is 4.72. The molecule has 0 unspecified atom stereocenters. The van der Waals surface area contributed by atoms with Gasteiger partial charge in [0, 0.05) is 28.1 Å². The number of hydrogen-bond donors (Lipinski definition) is 0. The van der Waals surface area contributed by atoms with Crippen molar-refractivity contribution in [3.8, 4) is 5.69 Å². The second kappa shape index (κ2) is 8.67. The van der Waals surface area contributed by atoms with E-state index in [0.717, 1.165) is 5.56 Å². The summed E-state index contributed by atoms with van der Waals surface area (Å²) in [5.41, 5.74) is 2.89. The highest BCUT2D eigenvalue weighted by Gasteiger charge is 2.15. The van der Waals surface area contributed by atoms with Crippen molar-refractivity contribution in [1.82, 2.24) is 18.9 Å². The van der Waals surface area contributed by atoms with Gasteiger partial charge in [-0.15, -0.1) is 0 Å². The zero-order valence-electron chi connectivity index (χ0n) is 17.3. The molecule has 3 aromatic heterocycles. The molecule has 0 amide bonds. The molecule has 0 N–H and O–H groups in total.